The Hall–Kier alpha value is -3.21. The zero-order valence-electron chi connectivity index (χ0n) is 20.0. The third-order valence-electron chi connectivity index (χ3n) is 6.61. The summed E-state index contributed by atoms with van der Waals surface area (Å²) in [6.07, 6.45) is 9.20. The molecule has 0 amide bonds. The molecule has 0 bridgehead atoms. The number of allylic oxidation sites excluding steroid dienone is 2. The minimum Gasteiger partial charge on any atom is -0.377 e. The number of hydrogen-bond acceptors (Lipinski definition) is 3. The van der Waals surface area contributed by atoms with Gasteiger partial charge >= 0.3 is 0 Å². The second kappa shape index (κ2) is 10.6. The summed E-state index contributed by atoms with van der Waals surface area (Å²) in [6, 6.07) is 18.3. The van der Waals surface area contributed by atoms with Crippen LogP contribution in [0.2, 0.25) is 5.02 Å². The Morgan fingerprint density at radius 2 is 1.94 bits per heavy atom. The molecule has 0 N–H and O–H groups in total. The minimum atomic E-state index is 0.0921. The first-order valence-electron chi connectivity index (χ1n) is 12.2. The van der Waals surface area contributed by atoms with Crippen molar-refractivity contribution in [1.82, 2.24) is 9.55 Å². The van der Waals surface area contributed by atoms with E-state index in [1.54, 1.807) is 0 Å². The first kappa shape index (κ1) is 23.5. The second-order valence-electron chi connectivity index (χ2n) is 9.16. The molecule has 0 radical (unpaired) electrons. The molecule has 0 aliphatic carbocycles. The summed E-state index contributed by atoms with van der Waals surface area (Å²) in [7, 11) is 0. The quantitative estimate of drug-likeness (QED) is 0.290. The average molecular weight is 485 g/mol. The van der Waals surface area contributed by atoms with Gasteiger partial charge in [0, 0.05) is 47.2 Å². The van der Waals surface area contributed by atoms with Crippen molar-refractivity contribution >= 4 is 28.3 Å². The number of benzene rings is 2. The Balaban J connectivity index is 1.48. The molecule has 4 aromatic rings. The Morgan fingerprint density at radius 1 is 1.09 bits per heavy atom. The number of fused-ring (bicyclic) bond motifs is 2. The van der Waals surface area contributed by atoms with E-state index in [1.807, 2.05) is 43.6 Å². The number of aromatic nitrogens is 2. The number of ketones is 1. The van der Waals surface area contributed by atoms with E-state index >= 15 is 0 Å². The van der Waals surface area contributed by atoms with Gasteiger partial charge in [-0.05, 0) is 79.1 Å². The molecule has 35 heavy (non-hydrogen) atoms. The van der Waals surface area contributed by atoms with Crippen LogP contribution in [0.25, 0.3) is 10.9 Å². The number of ether oxygens (including phenoxy) is 1. The molecule has 4 nitrogen and oxygen atoms in total. The lowest BCUT2D eigenvalue weighted by Crippen LogP contribution is -2.05. The van der Waals surface area contributed by atoms with Crippen LogP contribution in [0.3, 0.4) is 0 Å². The van der Waals surface area contributed by atoms with E-state index in [1.165, 1.54) is 11.1 Å². The maximum atomic E-state index is 13.8. The van der Waals surface area contributed by atoms with Gasteiger partial charge < -0.3 is 9.30 Å². The number of carbonyl (C=O) groups excluding carboxylic acids is 1. The van der Waals surface area contributed by atoms with Crippen molar-refractivity contribution in [3.05, 3.63) is 112 Å². The number of halogens is 1. The van der Waals surface area contributed by atoms with E-state index in [4.69, 9.17) is 16.3 Å². The van der Waals surface area contributed by atoms with Crippen molar-refractivity contribution in [2.75, 3.05) is 6.61 Å². The van der Waals surface area contributed by atoms with Gasteiger partial charge in [0.15, 0.2) is 5.78 Å². The van der Waals surface area contributed by atoms with Crippen molar-refractivity contribution in [3.63, 3.8) is 0 Å². The molecule has 3 heterocycles. The minimum absolute atomic E-state index is 0.0921. The van der Waals surface area contributed by atoms with Gasteiger partial charge in [-0.2, -0.15) is 0 Å². The molecule has 5 heteroatoms. The highest BCUT2D eigenvalue weighted by Gasteiger charge is 2.19. The topological polar surface area (TPSA) is 44.1 Å². The Kier molecular flexibility index (Phi) is 7.12. The number of aryl methyl sites for hydroxylation is 2. The van der Waals surface area contributed by atoms with Crippen LogP contribution >= 0.6 is 11.6 Å². The smallest absolute Gasteiger partial charge is 0.190 e. The van der Waals surface area contributed by atoms with Gasteiger partial charge in [-0.1, -0.05) is 48.0 Å². The van der Waals surface area contributed by atoms with Crippen LogP contribution in [0.4, 0.5) is 0 Å². The lowest BCUT2D eigenvalue weighted by atomic mass is 9.96. The lowest BCUT2D eigenvalue weighted by Gasteiger charge is -2.08. The molecule has 1 aliphatic rings. The van der Waals surface area contributed by atoms with Gasteiger partial charge in [-0.3, -0.25) is 9.78 Å². The van der Waals surface area contributed by atoms with Crippen LogP contribution in [0.5, 0.6) is 0 Å². The SMILES string of the molecule is Cc1cc(Cn2cc(C(=O)/C3=C\CCc4ccccc4COCCC3)c3ccc(Cl)cc32)ccn1. The average Bonchev–Trinajstić information content (AvgIpc) is 3.17. The van der Waals surface area contributed by atoms with Gasteiger partial charge in [0.2, 0.25) is 0 Å². The van der Waals surface area contributed by atoms with E-state index in [-0.39, 0.29) is 5.78 Å². The molecule has 0 saturated heterocycles. The van der Waals surface area contributed by atoms with Crippen molar-refractivity contribution in [1.29, 1.82) is 0 Å². The van der Waals surface area contributed by atoms with Crippen LogP contribution in [-0.2, 0) is 24.3 Å². The van der Waals surface area contributed by atoms with E-state index < -0.39 is 0 Å². The number of pyridine rings is 1. The van der Waals surface area contributed by atoms with Gasteiger partial charge in [0.05, 0.1) is 12.1 Å². The summed E-state index contributed by atoms with van der Waals surface area (Å²) in [5.74, 6) is 0.0921. The molecule has 2 aromatic carbocycles. The third kappa shape index (κ3) is 5.39. The number of hydrogen-bond donors (Lipinski definition) is 0. The molecule has 0 saturated carbocycles. The number of Topliss-reactive ketones (excluding diaryl/α,β-unsaturated/α-hetero) is 1. The Labute approximate surface area is 211 Å². The van der Waals surface area contributed by atoms with Crippen molar-refractivity contribution in [2.24, 2.45) is 0 Å². The zero-order valence-corrected chi connectivity index (χ0v) is 20.7. The zero-order chi connectivity index (χ0) is 24.2. The molecule has 0 unspecified atom stereocenters. The fourth-order valence-electron chi connectivity index (χ4n) is 4.85. The Bertz CT molecular complexity index is 1400. The summed E-state index contributed by atoms with van der Waals surface area (Å²) >= 11 is 6.35. The number of rotatable bonds is 4. The van der Waals surface area contributed by atoms with E-state index in [0.29, 0.717) is 31.2 Å². The second-order valence-corrected chi connectivity index (χ2v) is 9.60. The first-order chi connectivity index (χ1) is 17.1. The van der Waals surface area contributed by atoms with Crippen LogP contribution < -0.4 is 0 Å². The van der Waals surface area contributed by atoms with Gasteiger partial charge in [-0.25, -0.2) is 0 Å². The largest absolute Gasteiger partial charge is 0.377 e. The van der Waals surface area contributed by atoms with Crippen LogP contribution in [-0.4, -0.2) is 21.9 Å². The normalized spacial score (nSPS) is 16.2. The highest BCUT2D eigenvalue weighted by Crippen LogP contribution is 2.29. The fourth-order valence-corrected chi connectivity index (χ4v) is 5.01. The third-order valence-corrected chi connectivity index (χ3v) is 6.84. The molecule has 0 fully saturated rings. The summed E-state index contributed by atoms with van der Waals surface area (Å²) in [6.45, 7) is 3.90. The maximum absolute atomic E-state index is 13.8. The molecular weight excluding hydrogens is 456 g/mol. The maximum Gasteiger partial charge on any atom is 0.190 e. The molecule has 178 valence electrons. The van der Waals surface area contributed by atoms with Crippen LogP contribution in [0.1, 0.15) is 52.0 Å². The summed E-state index contributed by atoms with van der Waals surface area (Å²) < 4.78 is 8.05. The van der Waals surface area contributed by atoms with E-state index in [9.17, 15) is 4.79 Å². The van der Waals surface area contributed by atoms with Crippen molar-refractivity contribution in [3.8, 4) is 0 Å². The first-order valence-corrected chi connectivity index (χ1v) is 12.5. The molecule has 1 aliphatic heterocycles. The predicted octanol–water partition coefficient (Wildman–Crippen LogP) is 7.10. The van der Waals surface area contributed by atoms with Crippen molar-refractivity contribution < 1.29 is 9.53 Å². The van der Waals surface area contributed by atoms with Crippen LogP contribution in [0.15, 0.2) is 78.6 Å². The predicted molar refractivity (Wildman–Crippen MR) is 141 cm³/mol. The summed E-state index contributed by atoms with van der Waals surface area (Å²) in [4.78, 5) is 18.1. The molecule has 0 spiro atoms. The van der Waals surface area contributed by atoms with Gasteiger partial charge in [0.25, 0.3) is 0 Å². The summed E-state index contributed by atoms with van der Waals surface area (Å²) in [5.41, 5.74) is 7.19. The standard InChI is InChI=1S/C30H29ClN2O2/c1-21-16-22(13-14-32-21)18-33-19-28(27-12-11-26(31)17-29(27)33)30(34)24-9-4-8-23-6-2-3-7-25(23)20-35-15-5-10-24/h2-3,6-7,9,11-14,16-17,19H,4-5,8,10,15,18,20H2,1H3/b24-9-. The van der Waals surface area contributed by atoms with E-state index in [2.05, 4.69) is 46.0 Å². The summed E-state index contributed by atoms with van der Waals surface area (Å²) in [5, 5.41) is 1.59. The number of nitrogens with zero attached hydrogens (tertiary/aromatic N) is 2. The monoisotopic (exact) mass is 484 g/mol. The van der Waals surface area contributed by atoms with E-state index in [0.717, 1.165) is 52.6 Å². The number of carbonyl (C=O) groups is 1. The van der Waals surface area contributed by atoms with Crippen molar-refractivity contribution in [2.45, 2.75) is 45.8 Å². The van der Waals surface area contributed by atoms with Gasteiger partial charge in [0.1, 0.15) is 0 Å². The van der Waals surface area contributed by atoms with Gasteiger partial charge in [-0.15, -0.1) is 0 Å². The lowest BCUT2D eigenvalue weighted by molar-refractivity contribution is 0.102. The highest BCUT2D eigenvalue weighted by molar-refractivity contribution is 6.31. The van der Waals surface area contributed by atoms with Crippen LogP contribution in [0, 0.1) is 6.92 Å². The molecule has 5 rings (SSSR count). The molecular formula is C30H29ClN2O2. The highest BCUT2D eigenvalue weighted by atomic mass is 35.5. The Morgan fingerprint density at radius 3 is 2.80 bits per heavy atom. The fraction of sp³-hybridized carbons (Fsp3) is 0.267. The molecule has 2 aromatic heterocycles. The molecule has 0 atom stereocenters.